The van der Waals surface area contributed by atoms with Crippen molar-refractivity contribution in [2.75, 3.05) is 7.11 Å². The number of fused-ring (bicyclic) bond motifs is 1. The Balaban J connectivity index is 2.29. The van der Waals surface area contributed by atoms with Crippen molar-refractivity contribution >= 4 is 16.7 Å². The third-order valence-corrected chi connectivity index (χ3v) is 3.60. The number of ether oxygens (including phenoxy) is 1. The molecule has 0 unspecified atom stereocenters. The molecular weight excluding hydrogens is 305 g/mol. The molecule has 0 amide bonds. The van der Waals surface area contributed by atoms with Crippen molar-refractivity contribution in [2.24, 2.45) is 0 Å². The van der Waals surface area contributed by atoms with Crippen LogP contribution < -0.4 is 0 Å². The molecule has 3 aromatic rings. The molecular formula is C18H11F3O2. The molecule has 116 valence electrons. The zero-order valence-corrected chi connectivity index (χ0v) is 12.1. The Hall–Kier alpha value is -2.82. The van der Waals surface area contributed by atoms with Crippen molar-refractivity contribution in [1.29, 1.82) is 0 Å². The second kappa shape index (κ2) is 5.76. The summed E-state index contributed by atoms with van der Waals surface area (Å²) in [6, 6.07) is 11.2. The van der Waals surface area contributed by atoms with Gasteiger partial charge in [-0.1, -0.05) is 24.3 Å². The lowest BCUT2D eigenvalue weighted by Gasteiger charge is -2.10. The van der Waals surface area contributed by atoms with Crippen LogP contribution in [-0.4, -0.2) is 13.1 Å². The van der Waals surface area contributed by atoms with E-state index in [-0.39, 0.29) is 11.1 Å². The minimum absolute atomic E-state index is 0.0727. The van der Waals surface area contributed by atoms with E-state index in [9.17, 15) is 18.0 Å². The lowest BCUT2D eigenvalue weighted by atomic mass is 9.96. The minimum Gasteiger partial charge on any atom is -0.465 e. The van der Waals surface area contributed by atoms with Gasteiger partial charge in [0.1, 0.15) is 5.82 Å². The Morgan fingerprint density at radius 1 is 0.870 bits per heavy atom. The van der Waals surface area contributed by atoms with Gasteiger partial charge in [-0.2, -0.15) is 0 Å². The molecule has 5 heteroatoms. The highest BCUT2D eigenvalue weighted by Gasteiger charge is 2.15. The topological polar surface area (TPSA) is 26.3 Å². The van der Waals surface area contributed by atoms with E-state index in [2.05, 4.69) is 4.74 Å². The van der Waals surface area contributed by atoms with E-state index in [4.69, 9.17) is 0 Å². The fourth-order valence-corrected chi connectivity index (χ4v) is 2.48. The summed E-state index contributed by atoms with van der Waals surface area (Å²) < 4.78 is 45.4. The maximum atomic E-state index is 14.1. The van der Waals surface area contributed by atoms with Gasteiger partial charge in [0.2, 0.25) is 0 Å². The summed E-state index contributed by atoms with van der Waals surface area (Å²) in [6.07, 6.45) is 0. The summed E-state index contributed by atoms with van der Waals surface area (Å²) in [5.74, 6) is -3.79. The number of benzene rings is 3. The Morgan fingerprint density at radius 2 is 1.61 bits per heavy atom. The predicted octanol–water partition coefficient (Wildman–Crippen LogP) is 4.71. The average molecular weight is 316 g/mol. The fourth-order valence-electron chi connectivity index (χ4n) is 2.48. The smallest absolute Gasteiger partial charge is 0.337 e. The van der Waals surface area contributed by atoms with Crippen molar-refractivity contribution in [1.82, 2.24) is 0 Å². The molecule has 0 aromatic heterocycles. The molecule has 2 nitrogen and oxygen atoms in total. The molecule has 3 aromatic carbocycles. The third kappa shape index (κ3) is 2.65. The summed E-state index contributed by atoms with van der Waals surface area (Å²) in [7, 11) is 1.26. The first-order valence-corrected chi connectivity index (χ1v) is 6.77. The molecule has 0 aliphatic heterocycles. The number of esters is 1. The first kappa shape index (κ1) is 15.1. The summed E-state index contributed by atoms with van der Waals surface area (Å²) in [5, 5.41) is 1.28. The number of methoxy groups -OCH3 is 1. The van der Waals surface area contributed by atoms with Crippen molar-refractivity contribution < 1.29 is 22.7 Å². The van der Waals surface area contributed by atoms with E-state index >= 15 is 0 Å². The van der Waals surface area contributed by atoms with E-state index in [0.717, 1.165) is 11.5 Å². The lowest BCUT2D eigenvalue weighted by molar-refractivity contribution is 0.0601. The monoisotopic (exact) mass is 316 g/mol. The van der Waals surface area contributed by atoms with Gasteiger partial charge in [-0.05, 0) is 34.5 Å². The van der Waals surface area contributed by atoms with Gasteiger partial charge in [0.15, 0.2) is 11.6 Å². The van der Waals surface area contributed by atoms with Gasteiger partial charge in [-0.3, -0.25) is 0 Å². The van der Waals surface area contributed by atoms with Gasteiger partial charge < -0.3 is 4.74 Å². The maximum Gasteiger partial charge on any atom is 0.337 e. The highest BCUT2D eigenvalue weighted by molar-refractivity contribution is 6.01. The molecule has 0 atom stereocenters. The van der Waals surface area contributed by atoms with E-state index in [1.54, 1.807) is 30.3 Å². The summed E-state index contributed by atoms with van der Waals surface area (Å²) in [5.41, 5.74) is 0.580. The van der Waals surface area contributed by atoms with Crippen LogP contribution in [0.4, 0.5) is 13.2 Å². The van der Waals surface area contributed by atoms with E-state index in [0.29, 0.717) is 17.0 Å². The van der Waals surface area contributed by atoms with Crippen molar-refractivity contribution in [2.45, 2.75) is 0 Å². The molecule has 0 saturated carbocycles. The van der Waals surface area contributed by atoms with Crippen molar-refractivity contribution in [3.05, 3.63) is 71.5 Å². The second-order valence-corrected chi connectivity index (χ2v) is 4.98. The van der Waals surface area contributed by atoms with Gasteiger partial charge in [-0.15, -0.1) is 0 Å². The van der Waals surface area contributed by atoms with Crippen LogP contribution in [0.25, 0.3) is 21.9 Å². The normalized spacial score (nSPS) is 10.8. The molecule has 0 fully saturated rings. The minimum atomic E-state index is -1.25. The molecule has 0 aliphatic rings. The highest BCUT2D eigenvalue weighted by atomic mass is 19.2. The number of hydrogen-bond donors (Lipinski definition) is 0. The molecule has 0 aliphatic carbocycles. The Morgan fingerprint density at radius 3 is 2.35 bits per heavy atom. The van der Waals surface area contributed by atoms with Crippen LogP contribution in [0, 0.1) is 17.5 Å². The van der Waals surface area contributed by atoms with E-state index in [1.165, 1.54) is 13.2 Å². The summed E-state index contributed by atoms with van der Waals surface area (Å²) in [4.78, 5) is 11.7. The number of rotatable bonds is 2. The number of carbonyl (C=O) groups excluding carboxylic acids is 1. The van der Waals surface area contributed by atoms with Crippen LogP contribution in [0.1, 0.15) is 10.4 Å². The zero-order valence-electron chi connectivity index (χ0n) is 12.1. The molecule has 0 saturated heterocycles. The average Bonchev–Trinajstić information content (AvgIpc) is 2.56. The Labute approximate surface area is 130 Å². The first-order chi connectivity index (χ1) is 11.0. The van der Waals surface area contributed by atoms with Gasteiger partial charge >= 0.3 is 5.97 Å². The van der Waals surface area contributed by atoms with E-state index in [1.807, 2.05) is 0 Å². The quantitative estimate of drug-likeness (QED) is 0.505. The van der Waals surface area contributed by atoms with Gasteiger partial charge in [0, 0.05) is 11.6 Å². The molecule has 0 radical (unpaired) electrons. The molecule has 0 heterocycles. The number of carbonyl (C=O) groups is 1. The van der Waals surface area contributed by atoms with Crippen LogP contribution in [-0.2, 0) is 4.74 Å². The van der Waals surface area contributed by atoms with Crippen LogP contribution in [0.3, 0.4) is 0 Å². The molecule has 0 N–H and O–H groups in total. The van der Waals surface area contributed by atoms with Crippen molar-refractivity contribution in [3.8, 4) is 11.1 Å². The summed E-state index contributed by atoms with van der Waals surface area (Å²) in [6.45, 7) is 0. The molecule has 3 rings (SSSR count). The Bertz CT molecular complexity index is 920. The molecule has 23 heavy (non-hydrogen) atoms. The lowest BCUT2D eigenvalue weighted by Crippen LogP contribution is -2.01. The Kier molecular flexibility index (Phi) is 3.78. The van der Waals surface area contributed by atoms with Crippen LogP contribution in [0.2, 0.25) is 0 Å². The van der Waals surface area contributed by atoms with Crippen LogP contribution in [0.15, 0.2) is 48.5 Å². The van der Waals surface area contributed by atoms with Crippen LogP contribution in [0.5, 0.6) is 0 Å². The van der Waals surface area contributed by atoms with Gasteiger partial charge in [0.05, 0.1) is 12.7 Å². The van der Waals surface area contributed by atoms with Gasteiger partial charge in [0.25, 0.3) is 0 Å². The fraction of sp³-hybridized carbons (Fsp3) is 0.0556. The van der Waals surface area contributed by atoms with E-state index < -0.39 is 23.4 Å². The summed E-state index contributed by atoms with van der Waals surface area (Å²) >= 11 is 0. The van der Waals surface area contributed by atoms with Crippen molar-refractivity contribution in [3.63, 3.8) is 0 Å². The highest BCUT2D eigenvalue weighted by Crippen LogP contribution is 2.32. The predicted molar refractivity (Wildman–Crippen MR) is 80.6 cm³/mol. The second-order valence-electron chi connectivity index (χ2n) is 4.98. The number of halogens is 3. The maximum absolute atomic E-state index is 14.1. The largest absolute Gasteiger partial charge is 0.465 e. The first-order valence-electron chi connectivity index (χ1n) is 6.77. The number of hydrogen-bond acceptors (Lipinski definition) is 2. The standard InChI is InChI=1S/C18H11F3O2/c1-23-18(22)11-6-5-10-3-2-4-12(13(10)7-11)14-8-16(20)17(21)9-15(14)19/h2-9H,1H3. The molecule has 0 bridgehead atoms. The van der Waals surface area contributed by atoms with Gasteiger partial charge in [-0.25, -0.2) is 18.0 Å². The molecule has 0 spiro atoms. The SMILES string of the molecule is COC(=O)c1ccc2cccc(-c3cc(F)c(F)cc3F)c2c1. The zero-order chi connectivity index (χ0) is 16.6. The third-order valence-electron chi connectivity index (χ3n) is 3.60. The van der Waals surface area contributed by atoms with Crippen LogP contribution >= 0.6 is 0 Å².